The van der Waals surface area contributed by atoms with Crippen molar-refractivity contribution in [3.63, 3.8) is 0 Å². The average molecular weight is 311 g/mol. The number of imidazole rings is 1. The zero-order valence-electron chi connectivity index (χ0n) is 12.7. The summed E-state index contributed by atoms with van der Waals surface area (Å²) < 4.78 is 25.5. The summed E-state index contributed by atoms with van der Waals surface area (Å²) in [7, 11) is -2.76. The largest absolute Gasteiger partial charge is 0.331 e. The second-order valence-electron chi connectivity index (χ2n) is 6.43. The van der Waals surface area contributed by atoms with Gasteiger partial charge in [-0.15, -0.1) is 0 Å². The number of nitrogens with zero attached hydrogens (tertiary/aromatic N) is 3. The number of rotatable bonds is 4. The SMILES string of the molecule is CCc1nccn1[C@@H]1CCCN(C[C@H]2CCS(=O)(=O)C2)C1. The van der Waals surface area contributed by atoms with Crippen molar-refractivity contribution >= 4 is 9.84 Å². The van der Waals surface area contributed by atoms with E-state index < -0.39 is 9.84 Å². The number of hydrogen-bond donors (Lipinski definition) is 0. The van der Waals surface area contributed by atoms with Crippen LogP contribution in [0.5, 0.6) is 0 Å². The fourth-order valence-corrected chi connectivity index (χ4v) is 5.60. The van der Waals surface area contributed by atoms with Gasteiger partial charge in [-0.2, -0.15) is 0 Å². The van der Waals surface area contributed by atoms with Crippen LogP contribution in [0.25, 0.3) is 0 Å². The molecule has 0 bridgehead atoms. The van der Waals surface area contributed by atoms with Gasteiger partial charge in [-0.1, -0.05) is 6.92 Å². The lowest BCUT2D eigenvalue weighted by Gasteiger charge is -2.35. The molecule has 1 aromatic rings. The van der Waals surface area contributed by atoms with E-state index in [-0.39, 0.29) is 0 Å². The highest BCUT2D eigenvalue weighted by atomic mass is 32.2. The third-order valence-corrected chi connectivity index (χ3v) is 6.62. The van der Waals surface area contributed by atoms with E-state index >= 15 is 0 Å². The number of hydrogen-bond acceptors (Lipinski definition) is 4. The maximum absolute atomic E-state index is 11.6. The van der Waals surface area contributed by atoms with Gasteiger partial charge in [0.2, 0.25) is 0 Å². The summed E-state index contributed by atoms with van der Waals surface area (Å²) in [6.07, 6.45) is 8.17. The second kappa shape index (κ2) is 6.08. The van der Waals surface area contributed by atoms with Crippen molar-refractivity contribution in [1.29, 1.82) is 0 Å². The third-order valence-electron chi connectivity index (χ3n) is 4.78. The molecule has 2 aliphatic rings. The van der Waals surface area contributed by atoms with Gasteiger partial charge in [-0.05, 0) is 31.7 Å². The van der Waals surface area contributed by atoms with Crippen LogP contribution in [0.15, 0.2) is 12.4 Å². The minimum absolute atomic E-state index is 0.335. The van der Waals surface area contributed by atoms with Crippen molar-refractivity contribution in [3.8, 4) is 0 Å². The van der Waals surface area contributed by atoms with Crippen molar-refractivity contribution in [1.82, 2.24) is 14.5 Å². The van der Waals surface area contributed by atoms with Gasteiger partial charge in [-0.3, -0.25) is 0 Å². The second-order valence-corrected chi connectivity index (χ2v) is 8.66. The number of likely N-dealkylation sites (tertiary alicyclic amines) is 1. The highest BCUT2D eigenvalue weighted by Crippen LogP contribution is 2.26. The molecule has 0 unspecified atom stereocenters. The van der Waals surface area contributed by atoms with Crippen molar-refractivity contribution in [2.45, 2.75) is 38.6 Å². The monoisotopic (exact) mass is 311 g/mol. The Balaban J connectivity index is 1.61. The molecule has 0 radical (unpaired) electrons. The molecule has 0 N–H and O–H groups in total. The summed E-state index contributed by atoms with van der Waals surface area (Å²) >= 11 is 0. The molecule has 0 aromatic carbocycles. The Labute approximate surface area is 127 Å². The molecule has 0 spiro atoms. The minimum atomic E-state index is -2.76. The van der Waals surface area contributed by atoms with Crippen molar-refractivity contribution in [2.75, 3.05) is 31.1 Å². The van der Waals surface area contributed by atoms with Crippen molar-refractivity contribution < 1.29 is 8.42 Å². The van der Waals surface area contributed by atoms with Crippen LogP contribution in [-0.4, -0.2) is 54.0 Å². The summed E-state index contributed by atoms with van der Waals surface area (Å²) in [6, 6.07) is 0.495. The van der Waals surface area contributed by atoms with Crippen LogP contribution in [0, 0.1) is 5.92 Å². The number of aryl methyl sites for hydroxylation is 1. The first kappa shape index (κ1) is 15.0. The molecule has 21 heavy (non-hydrogen) atoms. The minimum Gasteiger partial charge on any atom is -0.331 e. The molecule has 6 heteroatoms. The van der Waals surface area contributed by atoms with Crippen LogP contribution in [0.4, 0.5) is 0 Å². The molecular weight excluding hydrogens is 286 g/mol. The molecule has 5 nitrogen and oxygen atoms in total. The number of aromatic nitrogens is 2. The summed E-state index contributed by atoms with van der Waals surface area (Å²) in [6.45, 7) is 5.21. The third kappa shape index (κ3) is 3.48. The number of sulfone groups is 1. The fourth-order valence-electron chi connectivity index (χ4n) is 3.76. The molecule has 0 aliphatic carbocycles. The summed E-state index contributed by atoms with van der Waals surface area (Å²) in [5, 5.41) is 0. The topological polar surface area (TPSA) is 55.2 Å². The molecule has 3 heterocycles. The Morgan fingerprint density at radius 1 is 1.38 bits per heavy atom. The van der Waals surface area contributed by atoms with Gasteiger partial charge in [-0.25, -0.2) is 13.4 Å². The van der Waals surface area contributed by atoms with E-state index in [4.69, 9.17) is 0 Å². The molecule has 1 aromatic heterocycles. The van der Waals surface area contributed by atoms with E-state index in [0.717, 1.165) is 38.3 Å². The predicted octanol–water partition coefficient (Wildman–Crippen LogP) is 1.52. The van der Waals surface area contributed by atoms with Crippen LogP contribution in [0.1, 0.15) is 38.1 Å². The van der Waals surface area contributed by atoms with E-state index in [0.29, 0.717) is 23.5 Å². The van der Waals surface area contributed by atoms with E-state index in [1.165, 1.54) is 12.8 Å². The lowest BCUT2D eigenvalue weighted by Crippen LogP contribution is -2.39. The number of piperidine rings is 1. The normalized spacial score (nSPS) is 29.8. The van der Waals surface area contributed by atoms with Crippen LogP contribution < -0.4 is 0 Å². The maximum atomic E-state index is 11.6. The predicted molar refractivity (Wildman–Crippen MR) is 83.1 cm³/mol. The van der Waals surface area contributed by atoms with Gasteiger partial charge in [0, 0.05) is 37.9 Å². The molecule has 0 amide bonds. The van der Waals surface area contributed by atoms with Gasteiger partial charge in [0.15, 0.2) is 9.84 Å². The summed E-state index contributed by atoms with van der Waals surface area (Å²) in [5.41, 5.74) is 0. The van der Waals surface area contributed by atoms with Crippen molar-refractivity contribution in [2.24, 2.45) is 5.92 Å². The Morgan fingerprint density at radius 2 is 2.24 bits per heavy atom. The average Bonchev–Trinajstić information content (AvgIpc) is 3.05. The first-order chi connectivity index (χ1) is 10.1. The van der Waals surface area contributed by atoms with Crippen LogP contribution >= 0.6 is 0 Å². The van der Waals surface area contributed by atoms with E-state index in [9.17, 15) is 8.42 Å². The van der Waals surface area contributed by atoms with E-state index in [1.807, 2.05) is 6.20 Å². The molecular formula is C15H25N3O2S. The van der Waals surface area contributed by atoms with E-state index in [1.54, 1.807) is 0 Å². The molecule has 2 aliphatic heterocycles. The Bertz CT molecular complexity index is 581. The maximum Gasteiger partial charge on any atom is 0.150 e. The zero-order valence-corrected chi connectivity index (χ0v) is 13.6. The smallest absolute Gasteiger partial charge is 0.150 e. The van der Waals surface area contributed by atoms with Crippen molar-refractivity contribution in [3.05, 3.63) is 18.2 Å². The Hall–Kier alpha value is -0.880. The lowest BCUT2D eigenvalue weighted by atomic mass is 10.0. The molecule has 118 valence electrons. The highest BCUT2D eigenvalue weighted by molar-refractivity contribution is 7.91. The van der Waals surface area contributed by atoms with E-state index in [2.05, 4.69) is 27.6 Å². The molecule has 2 fully saturated rings. The lowest BCUT2D eigenvalue weighted by molar-refractivity contribution is 0.157. The first-order valence-electron chi connectivity index (χ1n) is 8.02. The van der Waals surface area contributed by atoms with Gasteiger partial charge in [0.1, 0.15) is 5.82 Å². The highest BCUT2D eigenvalue weighted by Gasteiger charge is 2.31. The Kier molecular flexibility index (Phi) is 4.36. The first-order valence-corrected chi connectivity index (χ1v) is 9.84. The van der Waals surface area contributed by atoms with Crippen LogP contribution in [0.2, 0.25) is 0 Å². The zero-order chi connectivity index (χ0) is 14.9. The Morgan fingerprint density at radius 3 is 2.95 bits per heavy atom. The summed E-state index contributed by atoms with van der Waals surface area (Å²) in [5.74, 6) is 2.27. The van der Waals surface area contributed by atoms with Gasteiger partial charge in [0.25, 0.3) is 0 Å². The van der Waals surface area contributed by atoms with Crippen LogP contribution in [0.3, 0.4) is 0 Å². The quantitative estimate of drug-likeness (QED) is 0.846. The van der Waals surface area contributed by atoms with Gasteiger partial charge >= 0.3 is 0 Å². The molecule has 0 saturated carbocycles. The van der Waals surface area contributed by atoms with Gasteiger partial charge in [0.05, 0.1) is 11.5 Å². The standard InChI is InChI=1S/C15H25N3O2S/c1-2-15-16-6-8-18(15)14-4-3-7-17(11-14)10-13-5-9-21(19,20)12-13/h6,8,13-14H,2-5,7,9-12H2,1H3/t13-,14-/m1/s1. The summed E-state index contributed by atoms with van der Waals surface area (Å²) in [4.78, 5) is 6.88. The fraction of sp³-hybridized carbons (Fsp3) is 0.800. The van der Waals surface area contributed by atoms with Crippen LogP contribution in [-0.2, 0) is 16.3 Å². The molecule has 2 atom stereocenters. The molecule has 2 saturated heterocycles. The van der Waals surface area contributed by atoms with Gasteiger partial charge < -0.3 is 9.47 Å². The molecule has 3 rings (SSSR count).